The number of imidazole rings is 1. The molecule has 0 amide bonds. The zero-order valence-electron chi connectivity index (χ0n) is 9.92. The number of hydrogen-bond acceptors (Lipinski definition) is 2. The number of nitrogens with two attached hydrogens (primary N) is 1. The summed E-state index contributed by atoms with van der Waals surface area (Å²) in [6.07, 6.45) is 0.887. The first-order chi connectivity index (χ1) is 8.53. The molecule has 0 atom stereocenters. The van der Waals surface area contributed by atoms with E-state index >= 15 is 0 Å². The van der Waals surface area contributed by atoms with Gasteiger partial charge in [-0.1, -0.05) is 0 Å². The summed E-state index contributed by atoms with van der Waals surface area (Å²) in [6, 6.07) is 5.47. The van der Waals surface area contributed by atoms with Crippen molar-refractivity contribution >= 4 is 16.7 Å². The highest BCUT2D eigenvalue weighted by atomic mass is 19.3. The highest BCUT2D eigenvalue weighted by Gasteiger charge is 2.36. The summed E-state index contributed by atoms with van der Waals surface area (Å²) in [5.41, 5.74) is 8.10. The lowest BCUT2D eigenvalue weighted by molar-refractivity contribution is -0.0387. The van der Waals surface area contributed by atoms with E-state index in [1.54, 1.807) is 6.07 Å². The number of rotatable bonds is 1. The number of halogens is 2. The number of hydrogen-bond donors (Lipinski definition) is 2. The van der Waals surface area contributed by atoms with Gasteiger partial charge in [-0.2, -0.15) is 0 Å². The van der Waals surface area contributed by atoms with E-state index in [1.165, 1.54) is 0 Å². The van der Waals surface area contributed by atoms with Crippen LogP contribution in [0.3, 0.4) is 0 Å². The first-order valence-corrected chi connectivity index (χ1v) is 6.16. The van der Waals surface area contributed by atoms with Crippen molar-refractivity contribution in [2.24, 2.45) is 0 Å². The summed E-state index contributed by atoms with van der Waals surface area (Å²) in [4.78, 5) is 7.67. The second-order valence-electron chi connectivity index (χ2n) is 5.03. The zero-order valence-corrected chi connectivity index (χ0v) is 9.92. The Labute approximate surface area is 103 Å². The number of nitrogens with one attached hydrogen (secondary N) is 1. The third kappa shape index (κ3) is 2.05. The number of fused-ring (bicyclic) bond motifs is 1. The summed E-state index contributed by atoms with van der Waals surface area (Å²) in [5, 5.41) is 0. The molecule has 0 bridgehead atoms. The Morgan fingerprint density at radius 1 is 1.28 bits per heavy atom. The number of anilines is 1. The van der Waals surface area contributed by atoms with Crippen LogP contribution in [0.15, 0.2) is 18.2 Å². The summed E-state index contributed by atoms with van der Waals surface area (Å²) in [7, 11) is 0. The topological polar surface area (TPSA) is 54.7 Å². The Kier molecular flexibility index (Phi) is 2.50. The number of aromatic nitrogens is 2. The summed E-state index contributed by atoms with van der Waals surface area (Å²) in [5.74, 6) is -1.57. The normalized spacial score (nSPS) is 20.3. The molecule has 96 valence electrons. The van der Waals surface area contributed by atoms with Crippen LogP contribution in [0.5, 0.6) is 0 Å². The van der Waals surface area contributed by atoms with Crippen molar-refractivity contribution in [2.75, 3.05) is 5.73 Å². The van der Waals surface area contributed by atoms with Crippen molar-refractivity contribution in [3.05, 3.63) is 24.0 Å². The van der Waals surface area contributed by atoms with E-state index in [4.69, 9.17) is 5.73 Å². The lowest BCUT2D eigenvalue weighted by Gasteiger charge is -2.26. The number of H-pyrrole nitrogens is 1. The molecule has 0 spiro atoms. The molecule has 18 heavy (non-hydrogen) atoms. The van der Waals surface area contributed by atoms with Crippen molar-refractivity contribution < 1.29 is 8.78 Å². The molecular formula is C13H15F2N3. The molecule has 1 aliphatic carbocycles. The summed E-state index contributed by atoms with van der Waals surface area (Å²) >= 11 is 0. The highest BCUT2D eigenvalue weighted by molar-refractivity contribution is 5.78. The van der Waals surface area contributed by atoms with Crippen molar-refractivity contribution in [1.29, 1.82) is 0 Å². The molecule has 1 aromatic heterocycles. The van der Waals surface area contributed by atoms with Crippen LogP contribution in [-0.4, -0.2) is 15.9 Å². The fourth-order valence-electron chi connectivity index (χ4n) is 2.55. The van der Waals surface area contributed by atoms with Gasteiger partial charge in [0, 0.05) is 24.4 Å². The van der Waals surface area contributed by atoms with Crippen molar-refractivity contribution in [3.8, 4) is 0 Å². The van der Waals surface area contributed by atoms with Gasteiger partial charge in [-0.25, -0.2) is 13.8 Å². The maximum absolute atomic E-state index is 13.1. The van der Waals surface area contributed by atoms with Gasteiger partial charge in [0.2, 0.25) is 5.92 Å². The molecular weight excluding hydrogens is 236 g/mol. The molecule has 0 unspecified atom stereocenters. The molecule has 1 saturated carbocycles. The standard InChI is InChI=1S/C13H15F2N3/c14-13(15)5-3-8(4-6-13)12-17-10-2-1-9(16)7-11(10)18-12/h1-2,7-8H,3-6,16H2,(H,17,18). The molecule has 0 aliphatic heterocycles. The van der Waals surface area contributed by atoms with Gasteiger partial charge in [0.1, 0.15) is 5.82 Å². The molecule has 3 rings (SSSR count). The maximum atomic E-state index is 13.1. The van der Waals surface area contributed by atoms with E-state index < -0.39 is 5.92 Å². The fraction of sp³-hybridized carbons (Fsp3) is 0.462. The second-order valence-corrected chi connectivity index (χ2v) is 5.03. The Balaban J connectivity index is 1.87. The molecule has 3 N–H and O–H groups in total. The van der Waals surface area contributed by atoms with Gasteiger partial charge in [-0.15, -0.1) is 0 Å². The van der Waals surface area contributed by atoms with E-state index in [0.717, 1.165) is 16.9 Å². The fourth-order valence-corrected chi connectivity index (χ4v) is 2.55. The minimum Gasteiger partial charge on any atom is -0.399 e. The second kappa shape index (κ2) is 3.93. The smallest absolute Gasteiger partial charge is 0.248 e. The molecule has 2 aromatic rings. The van der Waals surface area contributed by atoms with Gasteiger partial charge in [-0.05, 0) is 31.0 Å². The Morgan fingerprint density at radius 2 is 2.00 bits per heavy atom. The van der Waals surface area contributed by atoms with E-state index in [1.807, 2.05) is 12.1 Å². The molecule has 0 saturated heterocycles. The van der Waals surface area contributed by atoms with E-state index in [0.29, 0.717) is 18.5 Å². The lowest BCUT2D eigenvalue weighted by Crippen LogP contribution is -2.24. The van der Waals surface area contributed by atoms with Crippen molar-refractivity contribution in [2.45, 2.75) is 37.5 Å². The highest BCUT2D eigenvalue weighted by Crippen LogP contribution is 2.40. The van der Waals surface area contributed by atoms with Gasteiger partial charge in [-0.3, -0.25) is 0 Å². The Hall–Kier alpha value is -1.65. The number of nitrogens with zero attached hydrogens (tertiary/aromatic N) is 1. The van der Waals surface area contributed by atoms with Crippen LogP contribution in [0.1, 0.15) is 37.4 Å². The van der Waals surface area contributed by atoms with Gasteiger partial charge < -0.3 is 10.7 Å². The predicted octanol–water partition coefficient (Wildman–Crippen LogP) is 3.44. The number of nitrogen functional groups attached to an aromatic ring is 1. The van der Waals surface area contributed by atoms with E-state index in [2.05, 4.69) is 9.97 Å². The zero-order chi connectivity index (χ0) is 12.8. The largest absolute Gasteiger partial charge is 0.399 e. The van der Waals surface area contributed by atoms with Crippen LogP contribution in [-0.2, 0) is 0 Å². The van der Waals surface area contributed by atoms with E-state index in [-0.39, 0.29) is 18.8 Å². The monoisotopic (exact) mass is 251 g/mol. The van der Waals surface area contributed by atoms with Gasteiger partial charge in [0.05, 0.1) is 11.0 Å². The summed E-state index contributed by atoms with van der Waals surface area (Å²) < 4.78 is 26.2. The van der Waals surface area contributed by atoms with Gasteiger partial charge >= 0.3 is 0 Å². The quantitative estimate of drug-likeness (QED) is 0.763. The van der Waals surface area contributed by atoms with Crippen LogP contribution in [0.25, 0.3) is 11.0 Å². The molecule has 1 heterocycles. The van der Waals surface area contributed by atoms with Gasteiger partial charge in [0.25, 0.3) is 0 Å². The molecule has 0 radical (unpaired) electrons. The van der Waals surface area contributed by atoms with Crippen LogP contribution in [0.4, 0.5) is 14.5 Å². The summed E-state index contributed by atoms with van der Waals surface area (Å²) in [6.45, 7) is 0. The van der Waals surface area contributed by atoms with Crippen molar-refractivity contribution in [3.63, 3.8) is 0 Å². The van der Waals surface area contributed by atoms with Crippen molar-refractivity contribution in [1.82, 2.24) is 9.97 Å². The number of alkyl halides is 2. The average Bonchev–Trinajstić information content (AvgIpc) is 2.71. The third-order valence-corrected chi connectivity index (χ3v) is 3.63. The average molecular weight is 251 g/mol. The maximum Gasteiger partial charge on any atom is 0.248 e. The van der Waals surface area contributed by atoms with Gasteiger partial charge in [0.15, 0.2) is 0 Å². The first kappa shape index (κ1) is 11.4. The first-order valence-electron chi connectivity index (χ1n) is 6.16. The Morgan fingerprint density at radius 3 is 2.72 bits per heavy atom. The minimum absolute atomic E-state index is 0.0448. The molecule has 1 aromatic carbocycles. The van der Waals surface area contributed by atoms with E-state index in [9.17, 15) is 8.78 Å². The van der Waals surface area contributed by atoms with Crippen LogP contribution < -0.4 is 5.73 Å². The van der Waals surface area contributed by atoms with Crippen LogP contribution in [0.2, 0.25) is 0 Å². The lowest BCUT2D eigenvalue weighted by atomic mass is 9.86. The third-order valence-electron chi connectivity index (χ3n) is 3.63. The molecule has 3 nitrogen and oxygen atoms in total. The predicted molar refractivity (Wildman–Crippen MR) is 66.7 cm³/mol. The molecule has 1 fully saturated rings. The number of benzene rings is 1. The number of aromatic amines is 1. The minimum atomic E-state index is -2.49. The van der Waals surface area contributed by atoms with Crippen LogP contribution >= 0.6 is 0 Å². The molecule has 1 aliphatic rings. The SMILES string of the molecule is Nc1ccc2nc(C3CCC(F)(F)CC3)[nH]c2c1. The Bertz CT molecular complexity index is 567. The van der Waals surface area contributed by atoms with Crippen LogP contribution in [0, 0.1) is 0 Å². The molecule has 5 heteroatoms.